The molecule has 0 bridgehead atoms. The SMILES string of the molecule is CS(=O)(=O)N1CCC(C(=O)OCC(=O)Nc2ccc(Br)cc2F)CC1. The van der Waals surface area contributed by atoms with Gasteiger partial charge < -0.3 is 10.1 Å². The van der Waals surface area contributed by atoms with Crippen LogP contribution in [0.15, 0.2) is 22.7 Å². The molecule has 0 aromatic heterocycles. The number of nitrogens with one attached hydrogen (secondary N) is 1. The number of carbonyl (C=O) groups is 2. The van der Waals surface area contributed by atoms with Crippen LogP contribution in [0.2, 0.25) is 0 Å². The van der Waals surface area contributed by atoms with Gasteiger partial charge in [0, 0.05) is 17.6 Å². The Morgan fingerprint density at radius 1 is 1.36 bits per heavy atom. The van der Waals surface area contributed by atoms with Gasteiger partial charge in [0.25, 0.3) is 5.91 Å². The first-order valence-electron chi connectivity index (χ1n) is 7.53. The van der Waals surface area contributed by atoms with Gasteiger partial charge in [-0.2, -0.15) is 0 Å². The molecule has 0 unspecified atom stereocenters. The van der Waals surface area contributed by atoms with Crippen LogP contribution in [0.3, 0.4) is 0 Å². The van der Waals surface area contributed by atoms with Gasteiger partial charge in [0.05, 0.1) is 17.9 Å². The minimum absolute atomic E-state index is 0.00860. The Morgan fingerprint density at radius 2 is 2.00 bits per heavy atom. The Bertz CT molecular complexity index is 763. The van der Waals surface area contributed by atoms with Crippen molar-refractivity contribution in [2.45, 2.75) is 12.8 Å². The van der Waals surface area contributed by atoms with Crippen LogP contribution in [0.1, 0.15) is 12.8 Å². The number of sulfonamides is 1. The van der Waals surface area contributed by atoms with Crippen molar-refractivity contribution in [1.29, 1.82) is 0 Å². The highest BCUT2D eigenvalue weighted by atomic mass is 79.9. The molecule has 0 spiro atoms. The third-order valence-electron chi connectivity index (χ3n) is 3.81. The third kappa shape index (κ3) is 5.75. The summed E-state index contributed by atoms with van der Waals surface area (Å²) in [5.74, 6) is -2.26. The van der Waals surface area contributed by atoms with E-state index >= 15 is 0 Å². The average Bonchev–Trinajstić information content (AvgIpc) is 2.54. The maximum atomic E-state index is 13.6. The second-order valence-corrected chi connectivity index (χ2v) is 8.61. The van der Waals surface area contributed by atoms with E-state index in [1.54, 1.807) is 6.07 Å². The molecule has 10 heteroatoms. The number of piperidine rings is 1. The number of ether oxygens (including phenoxy) is 1. The minimum Gasteiger partial charge on any atom is -0.455 e. The molecule has 0 aliphatic carbocycles. The molecule has 1 amide bonds. The van der Waals surface area contributed by atoms with Gasteiger partial charge in [0.2, 0.25) is 10.0 Å². The van der Waals surface area contributed by atoms with E-state index in [4.69, 9.17) is 4.74 Å². The maximum Gasteiger partial charge on any atom is 0.309 e. The van der Waals surface area contributed by atoms with E-state index in [0.717, 1.165) is 6.26 Å². The summed E-state index contributed by atoms with van der Waals surface area (Å²) in [5, 5.41) is 2.32. The summed E-state index contributed by atoms with van der Waals surface area (Å²) in [4.78, 5) is 23.7. The smallest absolute Gasteiger partial charge is 0.309 e. The van der Waals surface area contributed by atoms with Gasteiger partial charge in [-0.1, -0.05) is 15.9 Å². The minimum atomic E-state index is -3.26. The fourth-order valence-corrected chi connectivity index (χ4v) is 3.66. The highest BCUT2D eigenvalue weighted by molar-refractivity contribution is 9.10. The van der Waals surface area contributed by atoms with E-state index in [-0.39, 0.29) is 18.8 Å². The second-order valence-electron chi connectivity index (χ2n) is 5.72. The fourth-order valence-electron chi connectivity index (χ4n) is 2.45. The molecule has 1 fully saturated rings. The van der Waals surface area contributed by atoms with Crippen LogP contribution < -0.4 is 5.32 Å². The zero-order valence-corrected chi connectivity index (χ0v) is 15.9. The zero-order chi connectivity index (χ0) is 18.6. The van der Waals surface area contributed by atoms with Crippen LogP contribution in [0.5, 0.6) is 0 Å². The highest BCUT2D eigenvalue weighted by Gasteiger charge is 2.30. The number of amides is 1. The third-order valence-corrected chi connectivity index (χ3v) is 5.60. The Labute approximate surface area is 153 Å². The van der Waals surface area contributed by atoms with Crippen molar-refractivity contribution in [2.24, 2.45) is 5.92 Å². The molecule has 25 heavy (non-hydrogen) atoms. The van der Waals surface area contributed by atoms with Crippen molar-refractivity contribution in [1.82, 2.24) is 4.31 Å². The molecule has 1 heterocycles. The van der Waals surface area contributed by atoms with Crippen LogP contribution in [0.25, 0.3) is 0 Å². The molecule has 0 atom stereocenters. The van der Waals surface area contributed by atoms with Crippen LogP contribution in [-0.2, 0) is 24.3 Å². The summed E-state index contributed by atoms with van der Waals surface area (Å²) in [6.45, 7) is -0.0373. The number of esters is 1. The summed E-state index contributed by atoms with van der Waals surface area (Å²) in [7, 11) is -3.26. The Balaban J connectivity index is 1.79. The molecule has 1 aromatic rings. The van der Waals surface area contributed by atoms with Crippen LogP contribution in [0, 0.1) is 11.7 Å². The summed E-state index contributed by atoms with van der Waals surface area (Å²) >= 11 is 3.11. The lowest BCUT2D eigenvalue weighted by Crippen LogP contribution is -2.40. The summed E-state index contributed by atoms with van der Waals surface area (Å²) in [6.07, 6.45) is 1.81. The first-order chi connectivity index (χ1) is 11.7. The predicted molar refractivity (Wildman–Crippen MR) is 92.8 cm³/mol. The zero-order valence-electron chi connectivity index (χ0n) is 13.5. The number of benzene rings is 1. The van der Waals surface area contributed by atoms with Crippen LogP contribution >= 0.6 is 15.9 Å². The number of nitrogens with zero attached hydrogens (tertiary/aromatic N) is 1. The molecule has 1 aromatic carbocycles. The monoisotopic (exact) mass is 436 g/mol. The fraction of sp³-hybridized carbons (Fsp3) is 0.467. The summed E-state index contributed by atoms with van der Waals surface area (Å²) in [5.41, 5.74) is -0.00860. The molecule has 1 aliphatic rings. The molecule has 1 aliphatic heterocycles. The van der Waals surface area contributed by atoms with E-state index < -0.39 is 40.2 Å². The summed E-state index contributed by atoms with van der Waals surface area (Å²) < 4.78 is 43.3. The molecular formula is C15H18BrFN2O5S. The van der Waals surface area contributed by atoms with Gasteiger partial charge in [-0.05, 0) is 31.0 Å². The predicted octanol–water partition coefficient (Wildman–Crippen LogP) is 1.74. The second kappa shape index (κ2) is 8.24. The normalized spacial score (nSPS) is 16.4. The lowest BCUT2D eigenvalue weighted by Gasteiger charge is -2.28. The number of halogens is 2. The number of carbonyl (C=O) groups excluding carboxylic acids is 2. The van der Waals surface area contributed by atoms with Crippen LogP contribution in [-0.4, -0.2) is 50.6 Å². The van der Waals surface area contributed by atoms with Gasteiger partial charge in [0.1, 0.15) is 5.82 Å². The number of hydrogen-bond donors (Lipinski definition) is 1. The van der Waals surface area contributed by atoms with Crippen molar-refractivity contribution in [3.63, 3.8) is 0 Å². The van der Waals surface area contributed by atoms with Gasteiger partial charge in [-0.25, -0.2) is 17.1 Å². The molecule has 7 nitrogen and oxygen atoms in total. The van der Waals surface area contributed by atoms with E-state index in [1.165, 1.54) is 16.4 Å². The highest BCUT2D eigenvalue weighted by Crippen LogP contribution is 2.21. The van der Waals surface area contributed by atoms with Gasteiger partial charge in [-0.15, -0.1) is 0 Å². The van der Waals surface area contributed by atoms with E-state index in [2.05, 4.69) is 21.2 Å². The van der Waals surface area contributed by atoms with E-state index in [9.17, 15) is 22.4 Å². The molecule has 0 saturated carbocycles. The molecule has 138 valence electrons. The van der Waals surface area contributed by atoms with Crippen molar-refractivity contribution in [3.05, 3.63) is 28.5 Å². The average molecular weight is 437 g/mol. The first-order valence-corrected chi connectivity index (χ1v) is 10.2. The van der Waals surface area contributed by atoms with Gasteiger partial charge >= 0.3 is 5.97 Å². The van der Waals surface area contributed by atoms with Crippen molar-refractivity contribution >= 4 is 43.5 Å². The van der Waals surface area contributed by atoms with Gasteiger partial charge in [-0.3, -0.25) is 9.59 Å². The molecule has 1 N–H and O–H groups in total. The van der Waals surface area contributed by atoms with Crippen molar-refractivity contribution in [3.8, 4) is 0 Å². The molecule has 1 saturated heterocycles. The molecule has 2 rings (SSSR count). The van der Waals surface area contributed by atoms with Crippen molar-refractivity contribution < 1.29 is 27.1 Å². The Hall–Kier alpha value is -1.52. The Morgan fingerprint density at radius 3 is 2.56 bits per heavy atom. The first kappa shape index (κ1) is 19.8. The lowest BCUT2D eigenvalue weighted by atomic mass is 9.98. The van der Waals surface area contributed by atoms with Crippen molar-refractivity contribution in [2.75, 3.05) is 31.3 Å². The Kier molecular flexibility index (Phi) is 6.53. The van der Waals surface area contributed by atoms with Crippen LogP contribution in [0.4, 0.5) is 10.1 Å². The molecule has 0 radical (unpaired) electrons. The van der Waals surface area contributed by atoms with E-state index in [1.807, 2.05) is 0 Å². The quantitative estimate of drug-likeness (QED) is 0.709. The number of rotatable bonds is 5. The standard InChI is InChI=1S/C15H18BrFN2O5S/c1-25(22,23)19-6-4-10(5-7-19)15(21)24-9-14(20)18-13-3-2-11(16)8-12(13)17/h2-3,8,10H,4-7,9H2,1H3,(H,18,20). The number of anilines is 1. The topological polar surface area (TPSA) is 92.8 Å². The maximum absolute atomic E-state index is 13.6. The number of hydrogen-bond acceptors (Lipinski definition) is 5. The van der Waals surface area contributed by atoms with E-state index in [0.29, 0.717) is 17.3 Å². The molecular weight excluding hydrogens is 419 g/mol. The lowest BCUT2D eigenvalue weighted by molar-refractivity contribution is -0.152. The summed E-state index contributed by atoms with van der Waals surface area (Å²) in [6, 6.07) is 4.16. The largest absolute Gasteiger partial charge is 0.455 e. The van der Waals surface area contributed by atoms with Gasteiger partial charge in [0.15, 0.2) is 6.61 Å².